The molecule has 0 aromatic carbocycles. The Morgan fingerprint density at radius 3 is 2.79 bits per heavy atom. The molecule has 1 rings (SSSR count). The molecule has 5 nitrogen and oxygen atoms in total. The van der Waals surface area contributed by atoms with Crippen LogP contribution in [0.3, 0.4) is 0 Å². The van der Waals surface area contributed by atoms with Crippen molar-refractivity contribution in [2.45, 2.75) is 19.1 Å². The molecular formula is C11H20F3N3O2. The van der Waals surface area contributed by atoms with Gasteiger partial charge in [0.15, 0.2) is 0 Å². The normalized spacial score (nSPS) is 23.1. The molecule has 3 N–H and O–H groups in total. The fourth-order valence-electron chi connectivity index (χ4n) is 1.98. The molecule has 2 atom stereocenters. The van der Waals surface area contributed by atoms with Crippen molar-refractivity contribution in [2.24, 2.45) is 11.7 Å². The lowest BCUT2D eigenvalue weighted by molar-refractivity contribution is -0.182. The van der Waals surface area contributed by atoms with E-state index >= 15 is 0 Å². The second kappa shape index (κ2) is 7.06. The van der Waals surface area contributed by atoms with Crippen LogP contribution >= 0.6 is 0 Å². The Kier molecular flexibility index (Phi) is 6.02. The van der Waals surface area contributed by atoms with E-state index in [4.69, 9.17) is 10.5 Å². The minimum absolute atomic E-state index is 0.112. The van der Waals surface area contributed by atoms with Crippen LogP contribution in [0.1, 0.15) is 6.92 Å². The lowest BCUT2D eigenvalue weighted by Crippen LogP contribution is -2.56. The van der Waals surface area contributed by atoms with E-state index in [1.807, 2.05) is 0 Å². The second-order valence-electron chi connectivity index (χ2n) is 4.45. The Morgan fingerprint density at radius 1 is 1.58 bits per heavy atom. The van der Waals surface area contributed by atoms with Crippen molar-refractivity contribution in [1.82, 2.24) is 10.2 Å². The monoisotopic (exact) mass is 283 g/mol. The van der Waals surface area contributed by atoms with Crippen molar-refractivity contribution in [3.05, 3.63) is 0 Å². The maximum atomic E-state index is 12.7. The fraction of sp³-hybridized carbons (Fsp3) is 0.909. The molecule has 0 aromatic rings. The van der Waals surface area contributed by atoms with Gasteiger partial charge < -0.3 is 15.8 Å². The minimum atomic E-state index is -4.35. The van der Waals surface area contributed by atoms with E-state index in [-0.39, 0.29) is 19.1 Å². The zero-order valence-electron chi connectivity index (χ0n) is 10.9. The first-order valence-electron chi connectivity index (χ1n) is 6.26. The third kappa shape index (κ3) is 4.63. The van der Waals surface area contributed by atoms with Crippen molar-refractivity contribution < 1.29 is 22.7 Å². The van der Waals surface area contributed by atoms with Gasteiger partial charge in [0.1, 0.15) is 6.04 Å². The maximum absolute atomic E-state index is 12.7. The van der Waals surface area contributed by atoms with E-state index in [0.717, 1.165) is 0 Å². The van der Waals surface area contributed by atoms with Gasteiger partial charge in [-0.2, -0.15) is 13.2 Å². The summed E-state index contributed by atoms with van der Waals surface area (Å²) in [6.45, 7) is 2.17. The summed E-state index contributed by atoms with van der Waals surface area (Å²) in [6, 6.07) is -0.676. The van der Waals surface area contributed by atoms with Crippen molar-refractivity contribution in [1.29, 1.82) is 0 Å². The van der Waals surface area contributed by atoms with Gasteiger partial charge >= 0.3 is 6.18 Å². The quantitative estimate of drug-likeness (QED) is 0.743. The van der Waals surface area contributed by atoms with Gasteiger partial charge in [0.05, 0.1) is 19.1 Å². The van der Waals surface area contributed by atoms with Crippen LogP contribution in [-0.2, 0) is 9.53 Å². The van der Waals surface area contributed by atoms with E-state index in [0.29, 0.717) is 19.7 Å². The summed E-state index contributed by atoms with van der Waals surface area (Å²) in [4.78, 5) is 13.3. The number of halogens is 3. The van der Waals surface area contributed by atoms with Gasteiger partial charge in [0.2, 0.25) is 5.91 Å². The molecule has 112 valence electrons. The van der Waals surface area contributed by atoms with Crippen LogP contribution in [-0.4, -0.2) is 62.4 Å². The molecular weight excluding hydrogens is 263 g/mol. The Labute approximate surface area is 110 Å². The molecule has 0 spiro atoms. The molecule has 0 saturated carbocycles. The van der Waals surface area contributed by atoms with Crippen LogP contribution in [0.15, 0.2) is 0 Å². The zero-order chi connectivity index (χ0) is 14.5. The van der Waals surface area contributed by atoms with Crippen LogP contribution in [0.5, 0.6) is 0 Å². The van der Waals surface area contributed by atoms with Crippen molar-refractivity contribution in [3.8, 4) is 0 Å². The SMILES string of the molecule is CCNC(=O)C1COCCN1CC(CN)C(F)(F)F. The van der Waals surface area contributed by atoms with Gasteiger partial charge in [-0.3, -0.25) is 9.69 Å². The van der Waals surface area contributed by atoms with E-state index < -0.39 is 24.7 Å². The highest BCUT2D eigenvalue weighted by Crippen LogP contribution is 2.27. The number of rotatable bonds is 5. The average Bonchev–Trinajstić information content (AvgIpc) is 2.35. The van der Waals surface area contributed by atoms with Crippen LogP contribution in [0.4, 0.5) is 13.2 Å². The highest BCUT2D eigenvalue weighted by Gasteiger charge is 2.41. The van der Waals surface area contributed by atoms with Gasteiger partial charge in [0, 0.05) is 26.2 Å². The molecule has 0 bridgehead atoms. The number of carbonyl (C=O) groups excluding carboxylic acids is 1. The molecule has 1 aliphatic rings. The third-order valence-corrected chi connectivity index (χ3v) is 3.10. The van der Waals surface area contributed by atoms with E-state index in [2.05, 4.69) is 5.32 Å². The first kappa shape index (κ1) is 16.2. The van der Waals surface area contributed by atoms with Gasteiger partial charge in [-0.15, -0.1) is 0 Å². The molecule has 1 heterocycles. The Balaban J connectivity index is 2.69. The third-order valence-electron chi connectivity index (χ3n) is 3.10. The maximum Gasteiger partial charge on any atom is 0.394 e. The highest BCUT2D eigenvalue weighted by atomic mass is 19.4. The van der Waals surface area contributed by atoms with Crippen molar-refractivity contribution in [3.63, 3.8) is 0 Å². The first-order valence-corrected chi connectivity index (χ1v) is 6.26. The van der Waals surface area contributed by atoms with Gasteiger partial charge in [-0.25, -0.2) is 0 Å². The van der Waals surface area contributed by atoms with Crippen LogP contribution < -0.4 is 11.1 Å². The van der Waals surface area contributed by atoms with Gasteiger partial charge in [-0.1, -0.05) is 0 Å². The van der Waals surface area contributed by atoms with Gasteiger partial charge in [-0.05, 0) is 6.92 Å². The molecule has 19 heavy (non-hydrogen) atoms. The summed E-state index contributed by atoms with van der Waals surface area (Å²) in [5.74, 6) is -1.93. The highest BCUT2D eigenvalue weighted by molar-refractivity contribution is 5.81. The lowest BCUT2D eigenvalue weighted by Gasteiger charge is -2.36. The molecule has 1 amide bonds. The van der Waals surface area contributed by atoms with Gasteiger partial charge in [0.25, 0.3) is 0 Å². The number of nitrogens with zero attached hydrogens (tertiary/aromatic N) is 1. The summed E-state index contributed by atoms with van der Waals surface area (Å²) >= 11 is 0. The van der Waals surface area contributed by atoms with Crippen molar-refractivity contribution >= 4 is 5.91 Å². The molecule has 1 saturated heterocycles. The number of likely N-dealkylation sites (N-methyl/N-ethyl adjacent to an activating group) is 1. The molecule has 1 aliphatic heterocycles. The Hall–Kier alpha value is -0.860. The minimum Gasteiger partial charge on any atom is -0.378 e. The van der Waals surface area contributed by atoms with E-state index in [1.54, 1.807) is 6.92 Å². The first-order chi connectivity index (χ1) is 8.90. The summed E-state index contributed by atoms with van der Waals surface area (Å²) in [5, 5.41) is 2.60. The summed E-state index contributed by atoms with van der Waals surface area (Å²) in [5.41, 5.74) is 5.18. The molecule has 0 aromatic heterocycles. The topological polar surface area (TPSA) is 67.6 Å². The summed E-state index contributed by atoms with van der Waals surface area (Å²) < 4.78 is 43.3. The summed E-state index contributed by atoms with van der Waals surface area (Å²) in [7, 11) is 0. The van der Waals surface area contributed by atoms with Crippen LogP contribution in [0.2, 0.25) is 0 Å². The number of ether oxygens (including phenoxy) is 1. The number of nitrogens with one attached hydrogen (secondary N) is 1. The number of morpholine rings is 1. The molecule has 0 radical (unpaired) electrons. The lowest BCUT2D eigenvalue weighted by atomic mass is 10.1. The average molecular weight is 283 g/mol. The molecule has 2 unspecified atom stereocenters. The van der Waals surface area contributed by atoms with Crippen molar-refractivity contribution in [2.75, 3.05) is 39.4 Å². The number of amides is 1. The largest absolute Gasteiger partial charge is 0.394 e. The number of alkyl halides is 3. The molecule has 1 fully saturated rings. The molecule has 8 heteroatoms. The summed E-state index contributed by atoms with van der Waals surface area (Å²) in [6.07, 6.45) is -4.35. The fourth-order valence-corrected chi connectivity index (χ4v) is 1.98. The predicted molar refractivity (Wildman–Crippen MR) is 63.5 cm³/mol. The number of hydrogen-bond acceptors (Lipinski definition) is 4. The van der Waals surface area contributed by atoms with Crippen LogP contribution in [0, 0.1) is 5.92 Å². The zero-order valence-corrected chi connectivity index (χ0v) is 10.9. The Morgan fingerprint density at radius 2 is 2.26 bits per heavy atom. The smallest absolute Gasteiger partial charge is 0.378 e. The standard InChI is InChI=1S/C11H20F3N3O2/c1-2-16-10(18)9-7-19-4-3-17(9)6-8(5-15)11(12,13)14/h8-9H,2-7,15H2,1H3,(H,16,18). The van der Waals surface area contributed by atoms with E-state index in [1.165, 1.54) is 4.90 Å². The predicted octanol–water partition coefficient (Wildman–Crippen LogP) is -0.0395. The number of nitrogens with two attached hydrogens (primary N) is 1. The second-order valence-corrected chi connectivity index (χ2v) is 4.45. The van der Waals surface area contributed by atoms with E-state index in [9.17, 15) is 18.0 Å². The number of carbonyl (C=O) groups is 1. The van der Waals surface area contributed by atoms with Crippen LogP contribution in [0.25, 0.3) is 0 Å². The Bertz CT molecular complexity index is 299. The number of hydrogen-bond donors (Lipinski definition) is 2. The molecule has 0 aliphatic carbocycles.